The van der Waals surface area contributed by atoms with Crippen LogP contribution in [0.1, 0.15) is 18.1 Å². The summed E-state index contributed by atoms with van der Waals surface area (Å²) in [5, 5.41) is 9.19. The number of hydrogen-bond donors (Lipinski definition) is 1. The third kappa shape index (κ3) is 1.64. The van der Waals surface area contributed by atoms with Gasteiger partial charge in [0.1, 0.15) is 23.2 Å². The summed E-state index contributed by atoms with van der Waals surface area (Å²) in [6.07, 6.45) is 1.70. The van der Waals surface area contributed by atoms with Crippen LogP contribution in [0.4, 0.5) is 0 Å². The van der Waals surface area contributed by atoms with Crippen LogP contribution in [0.2, 0.25) is 0 Å². The maximum absolute atomic E-state index is 12.1. The van der Waals surface area contributed by atoms with Gasteiger partial charge in [0.15, 0.2) is 9.84 Å². The molecule has 0 fully saturated rings. The summed E-state index contributed by atoms with van der Waals surface area (Å²) in [4.78, 5) is 0.105. The number of rotatable bonds is 1. The second-order valence-electron chi connectivity index (χ2n) is 4.30. The lowest BCUT2D eigenvalue weighted by atomic mass is 9.94. The first-order valence-corrected chi connectivity index (χ1v) is 7.26. The Labute approximate surface area is 109 Å². The van der Waals surface area contributed by atoms with Crippen LogP contribution in [-0.2, 0) is 14.6 Å². The molecule has 3 rings (SSSR count). The molecule has 0 bridgehead atoms. The number of hydrogen-bond acceptors (Lipinski definition) is 6. The molecule has 7 heteroatoms. The minimum absolute atomic E-state index is 0.0269. The number of nitriles is 1. The predicted molar refractivity (Wildman–Crippen MR) is 64.8 cm³/mol. The first-order valence-electron chi connectivity index (χ1n) is 5.61. The van der Waals surface area contributed by atoms with Crippen LogP contribution in [0.15, 0.2) is 44.9 Å². The molecule has 0 aliphatic carbocycles. The van der Waals surface area contributed by atoms with E-state index in [0.29, 0.717) is 11.5 Å². The van der Waals surface area contributed by atoms with Gasteiger partial charge in [0.2, 0.25) is 5.88 Å². The molecule has 98 valence electrons. The lowest BCUT2D eigenvalue weighted by Gasteiger charge is -2.23. The van der Waals surface area contributed by atoms with Crippen LogP contribution in [0, 0.1) is 11.3 Å². The molecule has 2 N–H and O–H groups in total. The van der Waals surface area contributed by atoms with E-state index in [9.17, 15) is 13.7 Å². The smallest absolute Gasteiger partial charge is 0.205 e. The highest BCUT2D eigenvalue weighted by Gasteiger charge is 2.44. The van der Waals surface area contributed by atoms with Gasteiger partial charge >= 0.3 is 0 Å². The van der Waals surface area contributed by atoms with E-state index in [2.05, 4.69) is 0 Å². The summed E-state index contributed by atoms with van der Waals surface area (Å²) in [5.74, 6) is -0.185. The molecule has 2 aliphatic heterocycles. The number of ether oxygens (including phenoxy) is 1. The van der Waals surface area contributed by atoms with Crippen LogP contribution in [0.3, 0.4) is 0 Å². The molecule has 6 nitrogen and oxygen atoms in total. The highest BCUT2D eigenvalue weighted by Crippen LogP contribution is 2.45. The lowest BCUT2D eigenvalue weighted by molar-refractivity contribution is 0.273. The van der Waals surface area contributed by atoms with Crippen LogP contribution >= 0.6 is 0 Å². The Morgan fingerprint density at radius 3 is 2.89 bits per heavy atom. The summed E-state index contributed by atoms with van der Waals surface area (Å²) >= 11 is 0. The van der Waals surface area contributed by atoms with Crippen molar-refractivity contribution in [2.24, 2.45) is 5.73 Å². The zero-order valence-corrected chi connectivity index (χ0v) is 10.6. The summed E-state index contributed by atoms with van der Waals surface area (Å²) in [7, 11) is -3.44. The van der Waals surface area contributed by atoms with Gasteiger partial charge < -0.3 is 14.9 Å². The van der Waals surface area contributed by atoms with Crippen molar-refractivity contribution in [1.82, 2.24) is 0 Å². The zero-order valence-electron chi connectivity index (χ0n) is 9.79. The second-order valence-corrected chi connectivity index (χ2v) is 6.37. The van der Waals surface area contributed by atoms with E-state index in [0.717, 1.165) is 0 Å². The van der Waals surface area contributed by atoms with E-state index in [1.165, 1.54) is 6.26 Å². The average Bonchev–Trinajstić information content (AvgIpc) is 2.97. The molecule has 1 aromatic heterocycles. The molecular formula is C12H10N2O4S. The quantitative estimate of drug-likeness (QED) is 0.824. The number of allylic oxidation sites excluding steroid dienone is 3. The van der Waals surface area contributed by atoms with E-state index < -0.39 is 15.8 Å². The maximum atomic E-state index is 12.1. The zero-order chi connectivity index (χ0) is 13.6. The molecule has 2 aliphatic rings. The minimum Gasteiger partial charge on any atom is -0.468 e. The summed E-state index contributed by atoms with van der Waals surface area (Å²) < 4.78 is 34.8. The number of sulfone groups is 1. The van der Waals surface area contributed by atoms with Crippen molar-refractivity contribution in [3.8, 4) is 6.07 Å². The number of furan rings is 1. The van der Waals surface area contributed by atoms with Gasteiger partial charge in [-0.25, -0.2) is 8.42 Å². The molecule has 0 saturated carbocycles. The molecule has 0 saturated heterocycles. The lowest BCUT2D eigenvalue weighted by Crippen LogP contribution is -2.21. The first kappa shape index (κ1) is 11.9. The van der Waals surface area contributed by atoms with Gasteiger partial charge in [-0.05, 0) is 12.1 Å². The van der Waals surface area contributed by atoms with Crippen molar-refractivity contribution >= 4 is 9.84 Å². The summed E-state index contributed by atoms with van der Waals surface area (Å²) in [6.45, 7) is 0. The van der Waals surface area contributed by atoms with Crippen LogP contribution < -0.4 is 5.73 Å². The maximum Gasteiger partial charge on any atom is 0.205 e. The topological polar surface area (TPSA) is 106 Å². The molecule has 19 heavy (non-hydrogen) atoms. The van der Waals surface area contributed by atoms with Gasteiger partial charge in [-0.3, -0.25) is 0 Å². The SMILES string of the molecule is N#CC1=C(N)OC2=C(C1c1ccco1)S(=O)(=O)CC2. The van der Waals surface area contributed by atoms with Crippen molar-refractivity contribution in [1.29, 1.82) is 5.26 Å². The van der Waals surface area contributed by atoms with E-state index in [1.807, 2.05) is 6.07 Å². The molecule has 1 unspecified atom stereocenters. The second kappa shape index (κ2) is 3.90. The largest absolute Gasteiger partial charge is 0.468 e. The van der Waals surface area contributed by atoms with E-state index in [1.54, 1.807) is 12.1 Å². The number of nitrogens with two attached hydrogens (primary N) is 1. The standard InChI is InChI=1S/C12H10N2O4S/c13-6-7-10(8-2-1-4-17-8)11-9(18-12(7)14)3-5-19(11,15)16/h1-2,4,10H,3,5,14H2. The third-order valence-corrected chi connectivity index (χ3v) is 5.08. The minimum atomic E-state index is -3.44. The fourth-order valence-electron chi connectivity index (χ4n) is 2.38. The average molecular weight is 278 g/mol. The van der Waals surface area contributed by atoms with Crippen molar-refractivity contribution in [2.45, 2.75) is 12.3 Å². The van der Waals surface area contributed by atoms with Gasteiger partial charge in [0.25, 0.3) is 0 Å². The fraction of sp³-hybridized carbons (Fsp3) is 0.250. The molecular weight excluding hydrogens is 268 g/mol. The van der Waals surface area contributed by atoms with Gasteiger partial charge in [0, 0.05) is 6.42 Å². The Bertz CT molecular complexity index is 735. The van der Waals surface area contributed by atoms with E-state index in [4.69, 9.17) is 14.9 Å². The van der Waals surface area contributed by atoms with Crippen LogP contribution in [-0.4, -0.2) is 14.2 Å². The Balaban J connectivity index is 2.24. The third-order valence-electron chi connectivity index (χ3n) is 3.21. The van der Waals surface area contributed by atoms with Crippen molar-refractivity contribution in [3.05, 3.63) is 46.3 Å². The Morgan fingerprint density at radius 2 is 2.26 bits per heavy atom. The molecule has 0 spiro atoms. The molecule has 3 heterocycles. The molecule has 1 atom stereocenters. The van der Waals surface area contributed by atoms with Crippen LogP contribution in [0.5, 0.6) is 0 Å². The van der Waals surface area contributed by atoms with Crippen LogP contribution in [0.25, 0.3) is 0 Å². The van der Waals surface area contributed by atoms with Crippen molar-refractivity contribution in [2.75, 3.05) is 5.75 Å². The summed E-state index contributed by atoms with van der Waals surface area (Å²) in [5.41, 5.74) is 5.76. The monoisotopic (exact) mass is 278 g/mol. The molecule has 1 aromatic rings. The first-order chi connectivity index (χ1) is 9.04. The van der Waals surface area contributed by atoms with Gasteiger partial charge in [-0.2, -0.15) is 5.26 Å². The summed E-state index contributed by atoms with van der Waals surface area (Å²) in [6, 6.07) is 5.17. The van der Waals surface area contributed by atoms with Gasteiger partial charge in [-0.1, -0.05) is 0 Å². The van der Waals surface area contributed by atoms with Crippen molar-refractivity contribution in [3.63, 3.8) is 0 Å². The van der Waals surface area contributed by atoms with Gasteiger partial charge in [-0.15, -0.1) is 0 Å². The fourth-order valence-corrected chi connectivity index (χ4v) is 4.14. The predicted octanol–water partition coefficient (Wildman–Crippen LogP) is 1.12. The van der Waals surface area contributed by atoms with E-state index in [-0.39, 0.29) is 28.5 Å². The van der Waals surface area contributed by atoms with Gasteiger partial charge in [0.05, 0.1) is 22.8 Å². The highest BCUT2D eigenvalue weighted by molar-refractivity contribution is 7.95. The number of nitrogens with zero attached hydrogens (tertiary/aromatic N) is 1. The normalized spacial score (nSPS) is 24.9. The Morgan fingerprint density at radius 1 is 1.47 bits per heavy atom. The Hall–Kier alpha value is -2.20. The molecule has 0 aromatic carbocycles. The molecule has 0 amide bonds. The van der Waals surface area contributed by atoms with E-state index >= 15 is 0 Å². The Kier molecular flexibility index (Phi) is 2.43. The van der Waals surface area contributed by atoms with Crippen molar-refractivity contribution < 1.29 is 17.6 Å². The highest BCUT2D eigenvalue weighted by atomic mass is 32.2. The molecule has 0 radical (unpaired) electrons.